The first-order chi connectivity index (χ1) is 8.77. The Morgan fingerprint density at radius 2 is 2.28 bits per heavy atom. The standard InChI is InChI=1S/C15H22N2O/c1-15(7-9-16-10-15)11-18-14-6-2-5-13-12(14)4-3-8-17-13/h2,5-6,16-17H,3-4,7-11H2,1H3. The average Bonchev–Trinajstić information content (AvgIpc) is 2.84. The molecule has 0 spiro atoms. The quantitative estimate of drug-likeness (QED) is 0.859. The van der Waals surface area contributed by atoms with E-state index < -0.39 is 0 Å². The van der Waals surface area contributed by atoms with Crippen LogP contribution < -0.4 is 15.4 Å². The van der Waals surface area contributed by atoms with Crippen LogP contribution in [0.25, 0.3) is 0 Å². The van der Waals surface area contributed by atoms with Gasteiger partial charge < -0.3 is 15.4 Å². The number of ether oxygens (including phenoxy) is 1. The molecular weight excluding hydrogens is 224 g/mol. The maximum Gasteiger partial charge on any atom is 0.124 e. The minimum Gasteiger partial charge on any atom is -0.493 e. The highest BCUT2D eigenvalue weighted by atomic mass is 16.5. The molecule has 1 aromatic rings. The van der Waals surface area contributed by atoms with Crippen LogP contribution in [0.1, 0.15) is 25.3 Å². The van der Waals surface area contributed by atoms with E-state index in [0.29, 0.717) is 5.41 Å². The first-order valence-electron chi connectivity index (χ1n) is 6.96. The highest BCUT2D eigenvalue weighted by Gasteiger charge is 2.29. The molecule has 18 heavy (non-hydrogen) atoms. The lowest BCUT2D eigenvalue weighted by atomic mass is 9.91. The lowest BCUT2D eigenvalue weighted by Gasteiger charge is -2.26. The van der Waals surface area contributed by atoms with E-state index in [9.17, 15) is 0 Å². The fourth-order valence-electron chi connectivity index (χ4n) is 2.86. The van der Waals surface area contributed by atoms with Crippen molar-refractivity contribution in [2.45, 2.75) is 26.2 Å². The van der Waals surface area contributed by atoms with E-state index in [-0.39, 0.29) is 0 Å². The van der Waals surface area contributed by atoms with Crippen LogP contribution >= 0.6 is 0 Å². The minimum absolute atomic E-state index is 0.296. The van der Waals surface area contributed by atoms with Crippen molar-refractivity contribution in [3.8, 4) is 5.75 Å². The molecule has 0 aliphatic carbocycles. The van der Waals surface area contributed by atoms with Crippen molar-refractivity contribution in [1.29, 1.82) is 0 Å². The summed E-state index contributed by atoms with van der Waals surface area (Å²) in [6.45, 7) is 6.39. The fourth-order valence-corrected chi connectivity index (χ4v) is 2.86. The molecule has 3 nitrogen and oxygen atoms in total. The van der Waals surface area contributed by atoms with Crippen molar-refractivity contribution < 1.29 is 4.74 Å². The SMILES string of the molecule is CC1(COc2cccc3c2CCCN3)CCNC1. The molecule has 2 aliphatic heterocycles. The second-order valence-electron chi connectivity index (χ2n) is 5.84. The third-order valence-electron chi connectivity index (χ3n) is 4.09. The van der Waals surface area contributed by atoms with Gasteiger partial charge in [0.1, 0.15) is 5.75 Å². The van der Waals surface area contributed by atoms with Gasteiger partial charge in [0.05, 0.1) is 6.61 Å². The summed E-state index contributed by atoms with van der Waals surface area (Å²) in [5.41, 5.74) is 2.91. The second-order valence-corrected chi connectivity index (χ2v) is 5.84. The summed E-state index contributed by atoms with van der Waals surface area (Å²) in [7, 11) is 0. The van der Waals surface area contributed by atoms with Gasteiger partial charge in [-0.15, -0.1) is 0 Å². The zero-order valence-corrected chi connectivity index (χ0v) is 11.1. The van der Waals surface area contributed by atoms with Gasteiger partial charge in [0.2, 0.25) is 0 Å². The molecule has 0 radical (unpaired) electrons. The Balaban J connectivity index is 1.72. The van der Waals surface area contributed by atoms with Crippen LogP contribution in [0.5, 0.6) is 5.75 Å². The summed E-state index contributed by atoms with van der Waals surface area (Å²) in [4.78, 5) is 0. The molecular formula is C15H22N2O. The van der Waals surface area contributed by atoms with Gasteiger partial charge in [0.25, 0.3) is 0 Å². The molecule has 0 saturated carbocycles. The Morgan fingerprint density at radius 1 is 1.33 bits per heavy atom. The Hall–Kier alpha value is -1.22. The lowest BCUT2D eigenvalue weighted by molar-refractivity contribution is 0.179. The first kappa shape index (κ1) is 11.8. The van der Waals surface area contributed by atoms with E-state index in [4.69, 9.17) is 4.74 Å². The molecule has 1 saturated heterocycles. The average molecular weight is 246 g/mol. The Kier molecular flexibility index (Phi) is 3.16. The van der Waals surface area contributed by atoms with E-state index in [1.54, 1.807) is 0 Å². The number of nitrogens with one attached hydrogen (secondary N) is 2. The predicted octanol–water partition coefficient (Wildman–Crippen LogP) is 2.42. The Bertz CT molecular complexity index is 425. The van der Waals surface area contributed by atoms with Gasteiger partial charge >= 0.3 is 0 Å². The largest absolute Gasteiger partial charge is 0.493 e. The van der Waals surface area contributed by atoms with E-state index >= 15 is 0 Å². The van der Waals surface area contributed by atoms with Crippen molar-refractivity contribution >= 4 is 5.69 Å². The highest BCUT2D eigenvalue weighted by molar-refractivity contribution is 5.59. The van der Waals surface area contributed by atoms with Crippen molar-refractivity contribution in [1.82, 2.24) is 5.32 Å². The molecule has 3 rings (SSSR count). The van der Waals surface area contributed by atoms with Crippen molar-refractivity contribution in [2.24, 2.45) is 5.41 Å². The smallest absolute Gasteiger partial charge is 0.124 e. The fraction of sp³-hybridized carbons (Fsp3) is 0.600. The normalized spacial score (nSPS) is 26.5. The molecule has 2 heterocycles. The number of fused-ring (bicyclic) bond motifs is 1. The third-order valence-corrected chi connectivity index (χ3v) is 4.09. The monoisotopic (exact) mass is 246 g/mol. The second kappa shape index (κ2) is 4.81. The number of anilines is 1. The number of benzene rings is 1. The molecule has 2 aliphatic rings. The van der Waals surface area contributed by atoms with Gasteiger partial charge in [-0.2, -0.15) is 0 Å². The van der Waals surface area contributed by atoms with Gasteiger partial charge in [-0.05, 0) is 37.9 Å². The summed E-state index contributed by atoms with van der Waals surface area (Å²) in [6.07, 6.45) is 3.54. The maximum atomic E-state index is 6.11. The summed E-state index contributed by atoms with van der Waals surface area (Å²) < 4.78 is 6.11. The summed E-state index contributed by atoms with van der Waals surface area (Å²) in [6, 6.07) is 6.35. The third kappa shape index (κ3) is 2.32. The van der Waals surface area contributed by atoms with Gasteiger partial charge in [0.15, 0.2) is 0 Å². The maximum absolute atomic E-state index is 6.11. The van der Waals surface area contributed by atoms with E-state index in [0.717, 1.165) is 38.4 Å². The molecule has 1 fully saturated rings. The van der Waals surface area contributed by atoms with Gasteiger partial charge in [-0.1, -0.05) is 13.0 Å². The topological polar surface area (TPSA) is 33.3 Å². The molecule has 0 amide bonds. The van der Waals surface area contributed by atoms with Crippen LogP contribution in [-0.4, -0.2) is 26.2 Å². The summed E-state index contributed by atoms with van der Waals surface area (Å²) in [5, 5.41) is 6.87. The number of hydrogen-bond acceptors (Lipinski definition) is 3. The zero-order chi connectivity index (χ0) is 12.4. The molecule has 98 valence electrons. The molecule has 1 aromatic carbocycles. The Morgan fingerprint density at radius 3 is 3.11 bits per heavy atom. The highest BCUT2D eigenvalue weighted by Crippen LogP contribution is 2.32. The van der Waals surface area contributed by atoms with E-state index in [1.807, 2.05) is 0 Å². The lowest BCUT2D eigenvalue weighted by Crippen LogP contribution is -2.28. The van der Waals surface area contributed by atoms with Crippen LogP contribution in [-0.2, 0) is 6.42 Å². The molecule has 3 heteroatoms. The molecule has 0 aromatic heterocycles. The first-order valence-corrected chi connectivity index (χ1v) is 6.96. The number of rotatable bonds is 3. The predicted molar refractivity (Wildman–Crippen MR) is 74.3 cm³/mol. The van der Waals surface area contributed by atoms with E-state index in [2.05, 4.69) is 35.8 Å². The summed E-state index contributed by atoms with van der Waals surface area (Å²) >= 11 is 0. The summed E-state index contributed by atoms with van der Waals surface area (Å²) in [5.74, 6) is 1.08. The van der Waals surface area contributed by atoms with Crippen LogP contribution in [0.3, 0.4) is 0 Å². The van der Waals surface area contributed by atoms with Crippen LogP contribution in [0, 0.1) is 5.41 Å². The zero-order valence-electron chi connectivity index (χ0n) is 11.1. The Labute approximate surface area is 109 Å². The van der Waals surface area contributed by atoms with Crippen LogP contribution in [0.2, 0.25) is 0 Å². The number of hydrogen-bond donors (Lipinski definition) is 2. The molecule has 1 unspecified atom stereocenters. The van der Waals surface area contributed by atoms with Crippen molar-refractivity contribution in [3.63, 3.8) is 0 Å². The van der Waals surface area contributed by atoms with Crippen LogP contribution in [0.15, 0.2) is 18.2 Å². The minimum atomic E-state index is 0.296. The molecule has 0 bridgehead atoms. The van der Waals surface area contributed by atoms with Gasteiger partial charge in [-0.3, -0.25) is 0 Å². The van der Waals surface area contributed by atoms with Crippen molar-refractivity contribution in [3.05, 3.63) is 23.8 Å². The van der Waals surface area contributed by atoms with E-state index in [1.165, 1.54) is 24.1 Å². The van der Waals surface area contributed by atoms with Crippen LogP contribution in [0.4, 0.5) is 5.69 Å². The molecule has 2 N–H and O–H groups in total. The van der Waals surface area contributed by atoms with Gasteiger partial charge in [-0.25, -0.2) is 0 Å². The van der Waals surface area contributed by atoms with Crippen molar-refractivity contribution in [2.75, 3.05) is 31.6 Å². The molecule has 1 atom stereocenters. The van der Waals surface area contributed by atoms with Gasteiger partial charge in [0, 0.05) is 29.8 Å².